The molecule has 0 fully saturated rings. The Hall–Kier alpha value is -2.53. The van der Waals surface area contributed by atoms with Crippen LogP contribution in [-0.2, 0) is 4.79 Å². The Morgan fingerprint density at radius 3 is 2.83 bits per heavy atom. The number of nitrogens with one attached hydrogen (secondary N) is 1. The smallest absolute Gasteiger partial charge is 0.277 e. The van der Waals surface area contributed by atoms with Crippen molar-refractivity contribution in [2.24, 2.45) is 5.10 Å². The van der Waals surface area contributed by atoms with Gasteiger partial charge in [0, 0.05) is 17.8 Å². The van der Waals surface area contributed by atoms with Crippen molar-refractivity contribution in [1.29, 1.82) is 0 Å². The normalized spacial score (nSPS) is 17.8. The number of hydrogen-bond acceptors (Lipinski definition) is 4. The van der Waals surface area contributed by atoms with Crippen molar-refractivity contribution in [3.63, 3.8) is 0 Å². The van der Waals surface area contributed by atoms with Crippen LogP contribution in [0.25, 0.3) is 0 Å². The van der Waals surface area contributed by atoms with Crippen LogP contribution in [-0.4, -0.2) is 30.8 Å². The highest BCUT2D eigenvalue weighted by atomic mass is 35.5. The molecule has 0 saturated heterocycles. The zero-order valence-corrected chi connectivity index (χ0v) is 18.2. The molecule has 0 spiro atoms. The highest BCUT2D eigenvalue weighted by molar-refractivity contribution is 6.32. The van der Waals surface area contributed by atoms with Gasteiger partial charge in [0.15, 0.2) is 6.61 Å². The van der Waals surface area contributed by atoms with Crippen molar-refractivity contribution in [2.45, 2.75) is 45.6 Å². The Bertz CT molecular complexity index is 911. The number of ether oxygens (including phenoxy) is 1. The minimum absolute atomic E-state index is 0.145. The number of carbonyl (C=O) groups is 1. The van der Waals surface area contributed by atoms with Crippen molar-refractivity contribution < 1.29 is 9.53 Å². The molecule has 5 nitrogen and oxygen atoms in total. The number of halogens is 1. The van der Waals surface area contributed by atoms with Crippen LogP contribution < -0.4 is 15.1 Å². The summed E-state index contributed by atoms with van der Waals surface area (Å²) in [5.41, 5.74) is 6.21. The maximum Gasteiger partial charge on any atom is 0.277 e. The van der Waals surface area contributed by atoms with E-state index >= 15 is 0 Å². The number of carbonyl (C=O) groups excluding carboxylic acids is 1. The van der Waals surface area contributed by atoms with E-state index in [2.05, 4.69) is 55.3 Å². The van der Waals surface area contributed by atoms with Gasteiger partial charge in [-0.25, -0.2) is 5.43 Å². The second-order valence-corrected chi connectivity index (χ2v) is 8.40. The third-order valence-electron chi connectivity index (χ3n) is 5.32. The zero-order valence-electron chi connectivity index (χ0n) is 17.4. The monoisotopic (exact) mass is 413 g/mol. The Kier molecular flexibility index (Phi) is 6.48. The summed E-state index contributed by atoms with van der Waals surface area (Å²) in [4.78, 5) is 14.4. The lowest BCUT2D eigenvalue weighted by molar-refractivity contribution is -0.123. The number of hydrazone groups is 1. The van der Waals surface area contributed by atoms with Gasteiger partial charge in [-0.15, -0.1) is 0 Å². The average Bonchev–Trinajstić information content (AvgIpc) is 2.67. The highest BCUT2D eigenvalue weighted by Crippen LogP contribution is 2.43. The van der Waals surface area contributed by atoms with Gasteiger partial charge in [-0.05, 0) is 68.5 Å². The molecular formula is C23H28ClN3O2. The SMILES string of the molecule is CCN1c2ccc(/C=N\NC(=O)COc3ccccc3Cl)cc2C(C)CC1(C)C. The molecule has 2 aromatic rings. The first-order valence-electron chi connectivity index (χ1n) is 9.92. The maximum atomic E-state index is 12.0. The highest BCUT2D eigenvalue weighted by Gasteiger charge is 2.35. The van der Waals surface area contributed by atoms with Crippen molar-refractivity contribution in [3.8, 4) is 5.75 Å². The first-order chi connectivity index (χ1) is 13.8. The summed E-state index contributed by atoms with van der Waals surface area (Å²) >= 11 is 6.01. The molecule has 29 heavy (non-hydrogen) atoms. The zero-order chi connectivity index (χ0) is 21.0. The van der Waals surface area contributed by atoms with Crippen LogP contribution in [0.4, 0.5) is 5.69 Å². The van der Waals surface area contributed by atoms with Crippen molar-refractivity contribution in [1.82, 2.24) is 5.43 Å². The van der Waals surface area contributed by atoms with Crippen molar-refractivity contribution in [3.05, 3.63) is 58.6 Å². The van der Waals surface area contributed by atoms with Crippen LogP contribution in [0.15, 0.2) is 47.6 Å². The fraction of sp³-hybridized carbons (Fsp3) is 0.391. The average molecular weight is 414 g/mol. The van der Waals surface area contributed by atoms with Crippen LogP contribution in [0, 0.1) is 0 Å². The lowest BCUT2D eigenvalue weighted by Crippen LogP contribution is -2.48. The minimum Gasteiger partial charge on any atom is -0.482 e. The summed E-state index contributed by atoms with van der Waals surface area (Å²) in [6, 6.07) is 13.4. The summed E-state index contributed by atoms with van der Waals surface area (Å²) in [7, 11) is 0. The molecule has 154 valence electrons. The molecule has 1 atom stereocenters. The maximum absolute atomic E-state index is 12.0. The van der Waals surface area contributed by atoms with Crippen LogP contribution in [0.5, 0.6) is 5.75 Å². The molecule has 1 aliphatic rings. The molecule has 1 N–H and O–H groups in total. The number of anilines is 1. The van der Waals surface area contributed by atoms with Gasteiger partial charge in [-0.3, -0.25) is 4.79 Å². The van der Waals surface area contributed by atoms with Crippen LogP contribution >= 0.6 is 11.6 Å². The van der Waals surface area contributed by atoms with E-state index < -0.39 is 0 Å². The van der Waals surface area contributed by atoms with E-state index in [9.17, 15) is 4.79 Å². The largest absolute Gasteiger partial charge is 0.482 e. The number of fused-ring (bicyclic) bond motifs is 1. The summed E-state index contributed by atoms with van der Waals surface area (Å²) in [6.07, 6.45) is 2.76. The van der Waals surface area contributed by atoms with E-state index in [0.717, 1.165) is 18.5 Å². The van der Waals surface area contributed by atoms with Gasteiger partial charge in [0.1, 0.15) is 5.75 Å². The molecule has 0 bridgehead atoms. The lowest BCUT2D eigenvalue weighted by Gasteiger charge is -2.47. The Morgan fingerprint density at radius 1 is 1.34 bits per heavy atom. The molecule has 0 aliphatic carbocycles. The quantitative estimate of drug-likeness (QED) is 0.536. The van der Waals surface area contributed by atoms with Gasteiger partial charge < -0.3 is 9.64 Å². The van der Waals surface area contributed by atoms with Gasteiger partial charge in [-0.1, -0.05) is 36.7 Å². The fourth-order valence-electron chi connectivity index (χ4n) is 4.10. The number of benzene rings is 2. The van der Waals surface area contributed by atoms with E-state index in [1.165, 1.54) is 11.3 Å². The summed E-state index contributed by atoms with van der Waals surface area (Å²) < 4.78 is 5.41. The van der Waals surface area contributed by atoms with Gasteiger partial charge >= 0.3 is 0 Å². The summed E-state index contributed by atoms with van der Waals surface area (Å²) in [5, 5.41) is 4.54. The number of hydrogen-bond donors (Lipinski definition) is 1. The van der Waals surface area contributed by atoms with Gasteiger partial charge in [0.2, 0.25) is 0 Å². The molecular weight excluding hydrogens is 386 g/mol. The molecule has 0 radical (unpaired) electrons. The molecule has 6 heteroatoms. The summed E-state index contributed by atoms with van der Waals surface area (Å²) in [5.74, 6) is 0.599. The number of rotatable bonds is 6. The van der Waals surface area contributed by atoms with Crippen LogP contribution in [0.3, 0.4) is 0 Å². The third-order valence-corrected chi connectivity index (χ3v) is 5.64. The topological polar surface area (TPSA) is 53.9 Å². The Balaban J connectivity index is 1.62. The van der Waals surface area contributed by atoms with Gasteiger partial charge in [0.25, 0.3) is 5.91 Å². The predicted molar refractivity (Wildman–Crippen MR) is 119 cm³/mol. The molecule has 2 aromatic carbocycles. The molecule has 0 saturated carbocycles. The third kappa shape index (κ3) is 4.91. The van der Waals surface area contributed by atoms with Crippen molar-refractivity contribution in [2.75, 3.05) is 18.1 Å². The molecule has 1 amide bonds. The van der Waals surface area contributed by atoms with E-state index in [-0.39, 0.29) is 18.1 Å². The fourth-order valence-corrected chi connectivity index (χ4v) is 4.29. The number of para-hydroxylation sites is 1. The predicted octanol–water partition coefficient (Wildman–Crippen LogP) is 4.98. The minimum atomic E-state index is -0.341. The summed E-state index contributed by atoms with van der Waals surface area (Å²) in [6.45, 7) is 9.88. The van der Waals surface area contributed by atoms with Crippen LogP contribution in [0.2, 0.25) is 5.02 Å². The number of amides is 1. The van der Waals surface area contributed by atoms with E-state index in [0.29, 0.717) is 16.7 Å². The first kappa shape index (κ1) is 21.2. The molecule has 1 aliphatic heterocycles. The second kappa shape index (κ2) is 8.87. The lowest BCUT2D eigenvalue weighted by atomic mass is 9.79. The van der Waals surface area contributed by atoms with Crippen molar-refractivity contribution >= 4 is 29.4 Å². The Morgan fingerprint density at radius 2 is 2.10 bits per heavy atom. The molecule has 3 rings (SSSR count). The molecule has 0 aromatic heterocycles. The van der Waals surface area contributed by atoms with E-state index in [4.69, 9.17) is 16.3 Å². The van der Waals surface area contributed by atoms with Crippen LogP contribution in [0.1, 0.15) is 51.2 Å². The molecule has 1 unspecified atom stereocenters. The standard InChI is InChI=1S/C23H28ClN3O2/c1-5-27-20-11-10-17(12-18(20)16(2)13-23(27,3)4)14-25-26-22(28)15-29-21-9-7-6-8-19(21)24/h6-12,14,16H,5,13,15H2,1-4H3,(H,26,28)/b25-14-. The first-order valence-corrected chi connectivity index (χ1v) is 10.3. The van der Waals surface area contributed by atoms with E-state index in [1.807, 2.05) is 6.07 Å². The van der Waals surface area contributed by atoms with E-state index in [1.54, 1.807) is 30.5 Å². The Labute approximate surface area is 177 Å². The van der Waals surface area contributed by atoms with Gasteiger partial charge in [0.05, 0.1) is 11.2 Å². The second-order valence-electron chi connectivity index (χ2n) is 7.99. The van der Waals surface area contributed by atoms with Gasteiger partial charge in [-0.2, -0.15) is 5.10 Å². The molecule has 1 heterocycles. The number of nitrogens with zero attached hydrogens (tertiary/aromatic N) is 2.